The van der Waals surface area contributed by atoms with Crippen molar-refractivity contribution in [3.63, 3.8) is 0 Å². The maximum absolute atomic E-state index is 11.6. The fourth-order valence-corrected chi connectivity index (χ4v) is 3.96. The molecule has 1 atom stereocenters. The number of aromatic nitrogens is 1. The van der Waals surface area contributed by atoms with Crippen molar-refractivity contribution in [2.45, 2.75) is 10.1 Å². The Kier molecular flexibility index (Phi) is 2.41. The molecule has 0 amide bonds. The van der Waals surface area contributed by atoms with Crippen molar-refractivity contribution in [3.05, 3.63) is 54.1 Å². The van der Waals surface area contributed by atoms with Crippen molar-refractivity contribution < 1.29 is 9.90 Å². The number of carboxylic acid groups (broad SMARTS) is 1. The van der Waals surface area contributed by atoms with Crippen LogP contribution in [-0.4, -0.2) is 16.1 Å². The van der Waals surface area contributed by atoms with E-state index in [2.05, 4.69) is 4.98 Å². The summed E-state index contributed by atoms with van der Waals surface area (Å²) in [5, 5.41) is 9.99. The Balaban J connectivity index is 2.11. The first-order valence-electron chi connectivity index (χ1n) is 6.35. The zero-order valence-corrected chi connectivity index (χ0v) is 11.3. The van der Waals surface area contributed by atoms with Crippen LogP contribution in [0.5, 0.6) is 0 Å². The van der Waals surface area contributed by atoms with Crippen LogP contribution in [0.25, 0.3) is 22.2 Å². The van der Waals surface area contributed by atoms with Gasteiger partial charge in [-0.25, -0.2) is 0 Å². The normalized spacial score (nSPS) is 16.7. The summed E-state index contributed by atoms with van der Waals surface area (Å²) in [4.78, 5) is 16.0. The monoisotopic (exact) mass is 281 g/mol. The number of thioether (sulfide) groups is 1. The molecule has 2 heterocycles. The number of aromatic amines is 1. The molecule has 0 saturated carbocycles. The highest BCUT2D eigenvalue weighted by atomic mass is 32.2. The minimum absolute atomic E-state index is 0.559. The van der Waals surface area contributed by atoms with Crippen LogP contribution in [-0.2, 0) is 4.79 Å². The number of nitrogens with one attached hydrogen (secondary N) is 1. The van der Waals surface area contributed by atoms with E-state index in [4.69, 9.17) is 0 Å². The average Bonchev–Trinajstić information content (AvgIpc) is 2.86. The second-order valence-electron chi connectivity index (χ2n) is 4.79. The van der Waals surface area contributed by atoms with Crippen molar-refractivity contribution in [2.24, 2.45) is 0 Å². The van der Waals surface area contributed by atoms with Gasteiger partial charge in [0.2, 0.25) is 0 Å². The molecular formula is C16H11NO2S. The van der Waals surface area contributed by atoms with Gasteiger partial charge in [-0.1, -0.05) is 36.4 Å². The lowest BCUT2D eigenvalue weighted by Gasteiger charge is -2.21. The zero-order valence-electron chi connectivity index (χ0n) is 10.5. The summed E-state index contributed by atoms with van der Waals surface area (Å²) in [6.07, 6.45) is 0. The summed E-state index contributed by atoms with van der Waals surface area (Å²) in [5.41, 5.74) is 3.90. The largest absolute Gasteiger partial charge is 0.480 e. The molecule has 0 fully saturated rings. The second-order valence-corrected chi connectivity index (χ2v) is 5.94. The first kappa shape index (κ1) is 11.6. The van der Waals surface area contributed by atoms with Crippen LogP contribution in [0.2, 0.25) is 0 Å². The van der Waals surface area contributed by atoms with E-state index in [1.54, 1.807) is 0 Å². The minimum atomic E-state index is -0.796. The van der Waals surface area contributed by atoms with Gasteiger partial charge >= 0.3 is 5.97 Å². The van der Waals surface area contributed by atoms with E-state index in [1.807, 2.05) is 48.5 Å². The Morgan fingerprint density at radius 2 is 1.85 bits per heavy atom. The Hall–Kier alpha value is -2.20. The number of fused-ring (bicyclic) bond motifs is 5. The Morgan fingerprint density at radius 3 is 2.70 bits per heavy atom. The molecule has 0 spiro atoms. The third-order valence-corrected chi connectivity index (χ3v) is 4.92. The number of carboxylic acids is 1. The van der Waals surface area contributed by atoms with Gasteiger partial charge in [0, 0.05) is 26.9 Å². The molecule has 2 aromatic carbocycles. The zero-order chi connectivity index (χ0) is 13.7. The van der Waals surface area contributed by atoms with Crippen molar-refractivity contribution in [1.82, 2.24) is 4.98 Å². The standard InChI is InChI=1S/C16H11NO2S/c18-16(19)15-13-9-5-1-3-7-11(9)17-14(13)10-6-2-4-8-12(10)20-15/h1-8,15,17H,(H,18,19). The fraction of sp³-hybridized carbons (Fsp3) is 0.0625. The van der Waals surface area contributed by atoms with Crippen LogP contribution in [0.3, 0.4) is 0 Å². The molecule has 3 aromatic rings. The lowest BCUT2D eigenvalue weighted by molar-refractivity contribution is -0.136. The first-order valence-corrected chi connectivity index (χ1v) is 7.23. The van der Waals surface area contributed by atoms with E-state index < -0.39 is 11.2 Å². The van der Waals surface area contributed by atoms with Gasteiger partial charge in [0.15, 0.2) is 0 Å². The van der Waals surface area contributed by atoms with Gasteiger partial charge in [-0.3, -0.25) is 4.79 Å². The van der Waals surface area contributed by atoms with Gasteiger partial charge in [-0.2, -0.15) is 0 Å². The number of para-hydroxylation sites is 1. The third-order valence-electron chi connectivity index (χ3n) is 3.63. The van der Waals surface area contributed by atoms with Crippen LogP contribution in [0, 0.1) is 0 Å². The van der Waals surface area contributed by atoms with Crippen molar-refractivity contribution in [2.75, 3.05) is 0 Å². The van der Waals surface area contributed by atoms with E-state index >= 15 is 0 Å². The molecule has 98 valence electrons. The summed E-state index contributed by atoms with van der Waals surface area (Å²) < 4.78 is 0. The summed E-state index contributed by atoms with van der Waals surface area (Å²) >= 11 is 1.41. The summed E-state index contributed by atoms with van der Waals surface area (Å²) in [5.74, 6) is -0.796. The molecule has 1 unspecified atom stereocenters. The van der Waals surface area contributed by atoms with Gasteiger partial charge in [0.25, 0.3) is 0 Å². The number of hydrogen-bond acceptors (Lipinski definition) is 2. The van der Waals surface area contributed by atoms with Gasteiger partial charge in [-0.05, 0) is 12.1 Å². The number of aliphatic carboxylic acids is 1. The molecule has 20 heavy (non-hydrogen) atoms. The van der Waals surface area contributed by atoms with E-state index in [-0.39, 0.29) is 0 Å². The predicted molar refractivity (Wildman–Crippen MR) is 80.0 cm³/mol. The Bertz CT molecular complexity index is 837. The van der Waals surface area contributed by atoms with Crippen LogP contribution in [0.4, 0.5) is 0 Å². The summed E-state index contributed by atoms with van der Waals surface area (Å²) in [7, 11) is 0. The Labute approximate surface area is 119 Å². The quantitative estimate of drug-likeness (QED) is 0.707. The molecule has 4 rings (SSSR count). The average molecular weight is 281 g/mol. The van der Waals surface area contributed by atoms with Crippen molar-refractivity contribution >= 4 is 28.6 Å². The summed E-state index contributed by atoms with van der Waals surface area (Å²) in [6.45, 7) is 0. The van der Waals surface area contributed by atoms with E-state index in [9.17, 15) is 9.90 Å². The number of rotatable bonds is 1. The lowest BCUT2D eigenvalue weighted by atomic mass is 10.0. The lowest BCUT2D eigenvalue weighted by Crippen LogP contribution is -2.11. The van der Waals surface area contributed by atoms with Crippen LogP contribution >= 0.6 is 11.8 Å². The molecule has 3 nitrogen and oxygen atoms in total. The van der Waals surface area contributed by atoms with Crippen LogP contribution in [0.1, 0.15) is 10.8 Å². The highest BCUT2D eigenvalue weighted by molar-refractivity contribution is 8.00. The Morgan fingerprint density at radius 1 is 1.10 bits per heavy atom. The van der Waals surface area contributed by atoms with Crippen molar-refractivity contribution in [3.8, 4) is 11.3 Å². The highest BCUT2D eigenvalue weighted by Gasteiger charge is 2.33. The second kappa shape index (κ2) is 4.15. The first-order chi connectivity index (χ1) is 9.75. The van der Waals surface area contributed by atoms with Crippen LogP contribution in [0.15, 0.2) is 53.4 Å². The molecule has 1 aliphatic rings. The number of H-pyrrole nitrogens is 1. The highest BCUT2D eigenvalue weighted by Crippen LogP contribution is 2.51. The molecule has 0 saturated heterocycles. The molecule has 1 aliphatic heterocycles. The van der Waals surface area contributed by atoms with Gasteiger partial charge in [-0.15, -0.1) is 11.8 Å². The third kappa shape index (κ3) is 1.51. The van der Waals surface area contributed by atoms with E-state index in [0.717, 1.165) is 32.6 Å². The maximum atomic E-state index is 11.6. The van der Waals surface area contributed by atoms with Crippen molar-refractivity contribution in [1.29, 1.82) is 0 Å². The smallest absolute Gasteiger partial charge is 0.321 e. The molecule has 0 aliphatic carbocycles. The molecular weight excluding hydrogens is 270 g/mol. The number of hydrogen-bond donors (Lipinski definition) is 2. The molecule has 2 N–H and O–H groups in total. The van der Waals surface area contributed by atoms with Gasteiger partial charge in [0.05, 0.1) is 5.69 Å². The summed E-state index contributed by atoms with van der Waals surface area (Å²) in [6, 6.07) is 15.8. The molecule has 0 radical (unpaired) electrons. The fourth-order valence-electron chi connectivity index (χ4n) is 2.78. The topological polar surface area (TPSA) is 53.1 Å². The van der Waals surface area contributed by atoms with E-state index in [0.29, 0.717) is 0 Å². The molecule has 0 bridgehead atoms. The maximum Gasteiger partial charge on any atom is 0.321 e. The molecule has 4 heteroatoms. The number of benzene rings is 2. The van der Waals surface area contributed by atoms with Gasteiger partial charge < -0.3 is 10.1 Å². The minimum Gasteiger partial charge on any atom is -0.480 e. The molecule has 1 aromatic heterocycles. The van der Waals surface area contributed by atoms with Crippen LogP contribution < -0.4 is 0 Å². The van der Waals surface area contributed by atoms with E-state index in [1.165, 1.54) is 11.8 Å². The predicted octanol–water partition coefficient (Wildman–Crippen LogP) is 4.07. The van der Waals surface area contributed by atoms with Gasteiger partial charge in [0.1, 0.15) is 5.25 Å². The number of carbonyl (C=O) groups is 1. The SMILES string of the molecule is O=C(O)C1Sc2ccccc2-c2[nH]c3ccccc3c21.